The van der Waals surface area contributed by atoms with Gasteiger partial charge in [-0.3, -0.25) is 4.79 Å². The minimum atomic E-state index is 0.292. The quantitative estimate of drug-likeness (QED) is 0.837. The van der Waals surface area contributed by atoms with E-state index in [2.05, 4.69) is 36.2 Å². The highest BCUT2D eigenvalue weighted by Crippen LogP contribution is 2.17. The number of nitrogens with zero attached hydrogens (tertiary/aromatic N) is 1. The van der Waals surface area contributed by atoms with Crippen LogP contribution in [-0.4, -0.2) is 43.4 Å². The van der Waals surface area contributed by atoms with E-state index in [9.17, 15) is 4.79 Å². The fourth-order valence-electron chi connectivity index (χ4n) is 2.79. The van der Waals surface area contributed by atoms with Gasteiger partial charge in [-0.2, -0.15) is 0 Å². The molecule has 1 aliphatic rings. The number of carbonyl (C=O) groups excluding carboxylic acids is 1. The van der Waals surface area contributed by atoms with Gasteiger partial charge in [-0.25, -0.2) is 0 Å². The van der Waals surface area contributed by atoms with Gasteiger partial charge in [0.25, 0.3) is 0 Å². The Hall–Kier alpha value is -1.19. The molecule has 1 aromatic rings. The first-order valence-corrected chi connectivity index (χ1v) is 7.62. The van der Waals surface area contributed by atoms with E-state index in [4.69, 9.17) is 0 Å². The summed E-state index contributed by atoms with van der Waals surface area (Å²) in [5.74, 6) is 0.292. The lowest BCUT2D eigenvalue weighted by molar-refractivity contribution is 0.0973. The molecule has 1 saturated heterocycles. The third-order valence-corrected chi connectivity index (χ3v) is 4.23. The van der Waals surface area contributed by atoms with E-state index in [0.29, 0.717) is 12.2 Å². The van der Waals surface area contributed by atoms with Crippen LogP contribution in [0.4, 0.5) is 0 Å². The second kappa shape index (κ2) is 7.00. The molecular formula is C17H26N2O. The molecule has 1 fully saturated rings. The van der Waals surface area contributed by atoms with Crippen LogP contribution in [0.5, 0.6) is 0 Å². The number of hydrogen-bond acceptors (Lipinski definition) is 3. The molecular weight excluding hydrogens is 248 g/mol. The molecule has 0 saturated carbocycles. The Labute approximate surface area is 122 Å². The fraction of sp³-hybridized carbons (Fsp3) is 0.588. The smallest absolute Gasteiger partial charge is 0.163 e. The third kappa shape index (κ3) is 3.90. The fourth-order valence-corrected chi connectivity index (χ4v) is 2.79. The molecule has 0 radical (unpaired) electrons. The first-order valence-electron chi connectivity index (χ1n) is 7.62. The average Bonchev–Trinajstić information content (AvgIpc) is 2.44. The Balaban J connectivity index is 1.87. The zero-order valence-corrected chi connectivity index (χ0v) is 13.0. The molecule has 20 heavy (non-hydrogen) atoms. The summed E-state index contributed by atoms with van der Waals surface area (Å²) in [4.78, 5) is 14.8. The zero-order valence-electron chi connectivity index (χ0n) is 13.0. The predicted octanol–water partition coefficient (Wildman–Crippen LogP) is 2.48. The molecule has 2 rings (SSSR count). The Kier molecular flexibility index (Phi) is 5.32. The van der Waals surface area contributed by atoms with E-state index in [-0.39, 0.29) is 0 Å². The van der Waals surface area contributed by atoms with Gasteiger partial charge in [-0.05, 0) is 56.5 Å². The molecule has 1 N–H and O–H groups in total. The molecule has 110 valence electrons. The van der Waals surface area contributed by atoms with E-state index in [1.54, 1.807) is 0 Å². The highest BCUT2D eigenvalue weighted by atomic mass is 16.1. The summed E-state index contributed by atoms with van der Waals surface area (Å²) >= 11 is 0. The minimum Gasteiger partial charge on any atom is -0.314 e. The van der Waals surface area contributed by atoms with Gasteiger partial charge in [0, 0.05) is 38.2 Å². The van der Waals surface area contributed by atoms with Crippen molar-refractivity contribution in [3.8, 4) is 0 Å². The number of piperazine rings is 1. The number of aryl methyl sites for hydroxylation is 3. The molecule has 3 nitrogen and oxygen atoms in total. The van der Waals surface area contributed by atoms with Crippen LogP contribution in [0.2, 0.25) is 0 Å². The van der Waals surface area contributed by atoms with Crippen LogP contribution in [0.3, 0.4) is 0 Å². The lowest BCUT2D eigenvalue weighted by Gasteiger charge is -2.26. The Morgan fingerprint density at radius 2 is 1.75 bits per heavy atom. The van der Waals surface area contributed by atoms with Crippen molar-refractivity contribution < 1.29 is 4.79 Å². The minimum absolute atomic E-state index is 0.292. The van der Waals surface area contributed by atoms with Gasteiger partial charge in [-0.15, -0.1) is 0 Å². The SMILES string of the molecule is Cc1cc(C)c(C(=O)CCCN2CCNCC2)cc1C. The molecule has 0 atom stereocenters. The topological polar surface area (TPSA) is 32.3 Å². The van der Waals surface area contributed by atoms with E-state index < -0.39 is 0 Å². The molecule has 0 amide bonds. The molecule has 0 bridgehead atoms. The maximum absolute atomic E-state index is 12.3. The molecule has 1 heterocycles. The van der Waals surface area contributed by atoms with Gasteiger partial charge in [0.05, 0.1) is 0 Å². The summed E-state index contributed by atoms with van der Waals surface area (Å²) in [7, 11) is 0. The summed E-state index contributed by atoms with van der Waals surface area (Å²) in [6.45, 7) is 11.6. The third-order valence-electron chi connectivity index (χ3n) is 4.23. The predicted molar refractivity (Wildman–Crippen MR) is 83.5 cm³/mol. The van der Waals surface area contributed by atoms with E-state index >= 15 is 0 Å². The lowest BCUT2D eigenvalue weighted by Crippen LogP contribution is -2.43. The van der Waals surface area contributed by atoms with Crippen LogP contribution in [0, 0.1) is 20.8 Å². The second-order valence-corrected chi connectivity index (χ2v) is 5.87. The Morgan fingerprint density at radius 1 is 1.10 bits per heavy atom. The van der Waals surface area contributed by atoms with Crippen molar-refractivity contribution in [1.29, 1.82) is 0 Å². The maximum atomic E-state index is 12.3. The van der Waals surface area contributed by atoms with Crippen molar-refractivity contribution in [2.24, 2.45) is 0 Å². The van der Waals surface area contributed by atoms with Crippen molar-refractivity contribution in [2.75, 3.05) is 32.7 Å². The monoisotopic (exact) mass is 274 g/mol. The van der Waals surface area contributed by atoms with Gasteiger partial charge in [-0.1, -0.05) is 6.07 Å². The van der Waals surface area contributed by atoms with Crippen LogP contribution >= 0.6 is 0 Å². The van der Waals surface area contributed by atoms with E-state index in [1.165, 1.54) is 11.1 Å². The molecule has 1 aliphatic heterocycles. The maximum Gasteiger partial charge on any atom is 0.163 e. The number of nitrogens with one attached hydrogen (secondary N) is 1. The van der Waals surface area contributed by atoms with E-state index in [1.807, 2.05) is 6.92 Å². The van der Waals surface area contributed by atoms with Crippen LogP contribution < -0.4 is 5.32 Å². The lowest BCUT2D eigenvalue weighted by atomic mass is 9.96. The summed E-state index contributed by atoms with van der Waals surface area (Å²) in [5.41, 5.74) is 4.50. The van der Waals surface area contributed by atoms with Crippen LogP contribution in [-0.2, 0) is 0 Å². The van der Waals surface area contributed by atoms with Crippen LogP contribution in [0.15, 0.2) is 12.1 Å². The van der Waals surface area contributed by atoms with E-state index in [0.717, 1.165) is 50.3 Å². The van der Waals surface area contributed by atoms with Crippen molar-refractivity contribution in [3.63, 3.8) is 0 Å². The number of ketones is 1. The number of Topliss-reactive ketones (excluding diaryl/α,β-unsaturated/α-hetero) is 1. The zero-order chi connectivity index (χ0) is 14.5. The van der Waals surface area contributed by atoms with Crippen molar-refractivity contribution in [2.45, 2.75) is 33.6 Å². The Bertz CT molecular complexity index is 476. The van der Waals surface area contributed by atoms with Crippen molar-refractivity contribution in [1.82, 2.24) is 10.2 Å². The molecule has 0 aliphatic carbocycles. The molecule has 1 aromatic carbocycles. The number of rotatable bonds is 5. The van der Waals surface area contributed by atoms with Crippen LogP contribution in [0.25, 0.3) is 0 Å². The highest BCUT2D eigenvalue weighted by Gasteiger charge is 2.13. The second-order valence-electron chi connectivity index (χ2n) is 5.87. The Morgan fingerprint density at radius 3 is 2.45 bits per heavy atom. The summed E-state index contributed by atoms with van der Waals surface area (Å²) in [5, 5.41) is 3.35. The molecule has 0 unspecified atom stereocenters. The van der Waals surface area contributed by atoms with Gasteiger partial charge in [0.2, 0.25) is 0 Å². The van der Waals surface area contributed by atoms with Crippen LogP contribution in [0.1, 0.15) is 39.9 Å². The summed E-state index contributed by atoms with van der Waals surface area (Å²) in [6.07, 6.45) is 1.62. The number of benzene rings is 1. The summed E-state index contributed by atoms with van der Waals surface area (Å²) in [6, 6.07) is 4.18. The number of carbonyl (C=O) groups is 1. The standard InChI is InChI=1S/C17H26N2O/c1-13-11-15(3)16(12-14(13)2)17(20)5-4-8-19-9-6-18-7-10-19/h11-12,18H,4-10H2,1-3H3. The first-order chi connectivity index (χ1) is 9.58. The molecule has 3 heteroatoms. The van der Waals surface area contributed by atoms with Crippen molar-refractivity contribution in [3.05, 3.63) is 34.4 Å². The van der Waals surface area contributed by atoms with Gasteiger partial charge in [0.1, 0.15) is 0 Å². The summed E-state index contributed by atoms with van der Waals surface area (Å²) < 4.78 is 0. The van der Waals surface area contributed by atoms with Crippen molar-refractivity contribution >= 4 is 5.78 Å². The normalized spacial score (nSPS) is 16.4. The molecule has 0 aromatic heterocycles. The average molecular weight is 274 g/mol. The highest BCUT2D eigenvalue weighted by molar-refractivity contribution is 5.97. The molecule has 0 spiro atoms. The largest absolute Gasteiger partial charge is 0.314 e. The first kappa shape index (κ1) is 15.2. The number of hydrogen-bond donors (Lipinski definition) is 1. The van der Waals surface area contributed by atoms with Gasteiger partial charge >= 0.3 is 0 Å². The van der Waals surface area contributed by atoms with Gasteiger partial charge in [0.15, 0.2) is 5.78 Å². The van der Waals surface area contributed by atoms with Gasteiger partial charge < -0.3 is 10.2 Å².